The number of phenols is 1. The van der Waals surface area contributed by atoms with Crippen LogP contribution < -0.4 is 9.03 Å². The molecule has 2 saturated heterocycles. The van der Waals surface area contributed by atoms with Gasteiger partial charge in [-0.15, -0.1) is 0 Å². The Balaban J connectivity index is 1.49. The summed E-state index contributed by atoms with van der Waals surface area (Å²) in [5.41, 5.74) is 0.290. The molecule has 2 aromatic rings. The van der Waals surface area contributed by atoms with Crippen molar-refractivity contribution < 1.29 is 27.5 Å². The Morgan fingerprint density at radius 2 is 1.93 bits per heavy atom. The summed E-state index contributed by atoms with van der Waals surface area (Å²) in [7, 11) is -4.25. The molecule has 3 fully saturated rings. The maximum absolute atomic E-state index is 15.3. The number of halogens is 1. The molecular weight excluding hydrogens is 401 g/mol. The van der Waals surface area contributed by atoms with Gasteiger partial charge >= 0.3 is 10.2 Å². The van der Waals surface area contributed by atoms with Gasteiger partial charge in [-0.3, -0.25) is 9.59 Å². The number of phenolic OH excluding ortho intramolecular Hbond substituents is 1. The number of fused-ring (bicyclic) bond motifs is 1. The second kappa shape index (κ2) is 6.06. The highest BCUT2D eigenvalue weighted by molar-refractivity contribution is 7.92. The molecule has 2 aliphatic heterocycles. The first-order valence-corrected chi connectivity index (χ1v) is 10.8. The van der Waals surface area contributed by atoms with Crippen LogP contribution in [0.15, 0.2) is 24.3 Å². The average Bonchev–Trinajstić information content (AvgIpc) is 3.40. The molecule has 0 unspecified atom stereocenters. The van der Waals surface area contributed by atoms with Gasteiger partial charge < -0.3 is 10.0 Å². The van der Waals surface area contributed by atoms with Crippen LogP contribution in [-0.2, 0) is 19.8 Å². The Morgan fingerprint density at radius 1 is 1.21 bits per heavy atom. The van der Waals surface area contributed by atoms with Gasteiger partial charge in [-0.2, -0.15) is 8.42 Å². The van der Waals surface area contributed by atoms with Crippen LogP contribution in [0.1, 0.15) is 24.3 Å². The number of nitrogens with zero attached hydrogens (tertiary/aromatic N) is 2. The highest BCUT2D eigenvalue weighted by Crippen LogP contribution is 2.40. The number of hydrogen-bond donors (Lipinski definition) is 2. The number of hydrogen-bond acceptors (Lipinski definition) is 5. The smallest absolute Gasteiger partial charge is 0.326 e. The van der Waals surface area contributed by atoms with E-state index in [1.807, 2.05) is 6.07 Å². The fourth-order valence-electron chi connectivity index (χ4n) is 3.94. The molecule has 0 bridgehead atoms. The molecule has 2 amide bonds. The van der Waals surface area contributed by atoms with Crippen molar-refractivity contribution in [2.24, 2.45) is 5.92 Å². The van der Waals surface area contributed by atoms with Gasteiger partial charge in [0.15, 0.2) is 5.82 Å². The van der Waals surface area contributed by atoms with Crippen LogP contribution in [-0.4, -0.2) is 49.9 Å². The van der Waals surface area contributed by atoms with Gasteiger partial charge in [0, 0.05) is 30.3 Å². The van der Waals surface area contributed by atoms with E-state index in [1.54, 1.807) is 21.8 Å². The molecule has 8 nitrogen and oxygen atoms in total. The Bertz CT molecular complexity index is 1170. The minimum atomic E-state index is -4.25. The van der Waals surface area contributed by atoms with E-state index in [0.717, 1.165) is 18.4 Å². The number of benzene rings is 2. The molecule has 5 rings (SSSR count). The number of rotatable bonds is 3. The van der Waals surface area contributed by atoms with Crippen LogP contribution in [0.25, 0.3) is 10.8 Å². The van der Waals surface area contributed by atoms with E-state index in [-0.39, 0.29) is 23.1 Å². The van der Waals surface area contributed by atoms with E-state index in [1.165, 1.54) is 6.07 Å². The van der Waals surface area contributed by atoms with Crippen LogP contribution in [0.2, 0.25) is 0 Å². The molecule has 2 N–H and O–H groups in total. The van der Waals surface area contributed by atoms with Gasteiger partial charge in [-0.1, -0.05) is 12.1 Å². The number of likely N-dealkylation sites (tertiary alicyclic amines) is 1. The van der Waals surface area contributed by atoms with Crippen LogP contribution in [0, 0.1) is 11.7 Å². The summed E-state index contributed by atoms with van der Waals surface area (Å²) in [5.74, 6) is -1.85. The van der Waals surface area contributed by atoms with Crippen LogP contribution in [0.3, 0.4) is 0 Å². The van der Waals surface area contributed by atoms with Crippen molar-refractivity contribution in [2.45, 2.75) is 18.8 Å². The fourth-order valence-corrected chi connectivity index (χ4v) is 5.10. The minimum Gasteiger partial charge on any atom is -0.506 e. The van der Waals surface area contributed by atoms with Crippen molar-refractivity contribution in [1.82, 2.24) is 9.62 Å². The van der Waals surface area contributed by atoms with E-state index in [4.69, 9.17) is 0 Å². The molecule has 10 heteroatoms. The monoisotopic (exact) mass is 419 g/mol. The highest BCUT2D eigenvalue weighted by atomic mass is 32.2. The van der Waals surface area contributed by atoms with Crippen molar-refractivity contribution in [3.05, 3.63) is 35.6 Å². The molecule has 1 aliphatic carbocycles. The second-order valence-electron chi connectivity index (χ2n) is 7.79. The lowest BCUT2D eigenvalue weighted by atomic mass is 9.89. The van der Waals surface area contributed by atoms with Crippen LogP contribution >= 0.6 is 0 Å². The zero-order valence-electron chi connectivity index (χ0n) is 15.3. The molecule has 0 spiro atoms. The number of amides is 2. The third kappa shape index (κ3) is 2.89. The second-order valence-corrected chi connectivity index (χ2v) is 9.39. The normalized spacial score (nSPS) is 21.3. The molecule has 0 radical (unpaired) electrons. The number of carbonyl (C=O) groups excluding carboxylic acids is 2. The third-order valence-corrected chi connectivity index (χ3v) is 7.09. The van der Waals surface area contributed by atoms with Gasteiger partial charge in [0.1, 0.15) is 18.0 Å². The predicted molar refractivity (Wildman–Crippen MR) is 102 cm³/mol. The Labute approximate surface area is 166 Å². The van der Waals surface area contributed by atoms with E-state index in [2.05, 4.69) is 0 Å². The lowest BCUT2D eigenvalue weighted by Crippen LogP contribution is -2.49. The molecule has 152 valence electrons. The molecule has 29 heavy (non-hydrogen) atoms. The van der Waals surface area contributed by atoms with Crippen molar-refractivity contribution in [1.29, 1.82) is 0 Å². The molecule has 2 heterocycles. The molecule has 0 atom stereocenters. The van der Waals surface area contributed by atoms with E-state index in [9.17, 15) is 23.1 Å². The maximum Gasteiger partial charge on any atom is 0.326 e. The van der Waals surface area contributed by atoms with Crippen molar-refractivity contribution in [3.63, 3.8) is 0 Å². The first kappa shape index (κ1) is 18.2. The number of anilines is 1. The molecule has 2 aromatic carbocycles. The zero-order chi connectivity index (χ0) is 20.5. The Hall–Kier alpha value is -2.88. The lowest BCUT2D eigenvalue weighted by molar-refractivity contribution is -0.137. The van der Waals surface area contributed by atoms with Crippen molar-refractivity contribution in [2.75, 3.05) is 23.9 Å². The molecule has 1 saturated carbocycles. The Kier molecular flexibility index (Phi) is 3.79. The minimum absolute atomic E-state index is 0.0810. The summed E-state index contributed by atoms with van der Waals surface area (Å²) >= 11 is 0. The molecule has 0 aromatic heterocycles. The van der Waals surface area contributed by atoms with E-state index in [0.29, 0.717) is 22.8 Å². The van der Waals surface area contributed by atoms with Gasteiger partial charge in [0.05, 0.1) is 0 Å². The Morgan fingerprint density at radius 3 is 2.55 bits per heavy atom. The molecule has 3 aliphatic rings. The summed E-state index contributed by atoms with van der Waals surface area (Å²) in [6.45, 7) is 0.553. The summed E-state index contributed by atoms with van der Waals surface area (Å²) < 4.78 is 41.7. The van der Waals surface area contributed by atoms with Gasteiger partial charge in [-0.05, 0) is 35.9 Å². The van der Waals surface area contributed by atoms with Gasteiger partial charge in [0.25, 0.3) is 5.91 Å². The summed E-state index contributed by atoms with van der Waals surface area (Å²) in [6.07, 6.45) is 1.90. The first-order chi connectivity index (χ1) is 13.7. The quantitative estimate of drug-likeness (QED) is 0.778. The number of nitrogens with one attached hydrogen (secondary N) is 1. The van der Waals surface area contributed by atoms with Crippen molar-refractivity contribution >= 4 is 38.5 Å². The standard InChI is InChI=1S/C19H18FN3O5S/c20-17-14-5-11(13-7-22(8-13)19(26)10-1-2-10)3-4-12(14)6-15(24)18(17)23-9-16(25)21-29(23,27)28/h3-6,10,13,24H,1-2,7-9H2,(H,21,25). The summed E-state index contributed by atoms with van der Waals surface area (Å²) in [5, 5.41) is 10.8. The fraction of sp³-hybridized carbons (Fsp3) is 0.368. The van der Waals surface area contributed by atoms with Crippen molar-refractivity contribution in [3.8, 4) is 5.75 Å². The summed E-state index contributed by atoms with van der Waals surface area (Å²) in [4.78, 5) is 25.4. The SMILES string of the molecule is O=C1CN(c2c(O)cc3ccc(C4CN(C(=O)C5CC5)C4)cc3c2F)S(=O)(=O)N1. The summed E-state index contributed by atoms with van der Waals surface area (Å²) in [6, 6.07) is 6.38. The van der Waals surface area contributed by atoms with Gasteiger partial charge in [0.2, 0.25) is 5.91 Å². The van der Waals surface area contributed by atoms with E-state index < -0.39 is 39.9 Å². The number of carbonyl (C=O) groups is 2. The van der Waals surface area contributed by atoms with E-state index >= 15 is 4.39 Å². The highest BCUT2D eigenvalue weighted by Gasteiger charge is 2.40. The van der Waals surface area contributed by atoms with Gasteiger partial charge in [-0.25, -0.2) is 13.4 Å². The predicted octanol–water partition coefficient (Wildman–Crippen LogP) is 1.20. The largest absolute Gasteiger partial charge is 0.506 e. The molecular formula is C19H18FN3O5S. The van der Waals surface area contributed by atoms with Crippen LogP contribution in [0.4, 0.5) is 10.1 Å². The zero-order valence-corrected chi connectivity index (χ0v) is 16.1. The topological polar surface area (TPSA) is 107 Å². The first-order valence-electron chi connectivity index (χ1n) is 9.32. The average molecular weight is 419 g/mol. The van der Waals surface area contributed by atoms with Crippen LogP contribution in [0.5, 0.6) is 5.75 Å². The lowest BCUT2D eigenvalue weighted by Gasteiger charge is -2.40. The third-order valence-electron chi connectivity index (χ3n) is 5.72. The maximum atomic E-state index is 15.3. The number of aromatic hydroxyl groups is 1.